The molecule has 11 rings (SSSR count). The van der Waals surface area contributed by atoms with Crippen LogP contribution in [0.2, 0.25) is 0 Å². The molecule has 10 atom stereocenters. The van der Waals surface area contributed by atoms with Gasteiger partial charge in [-0.05, 0) is 71.5 Å². The molecule has 312 valence electrons. The average molecular weight is 931 g/mol. The number of methoxy groups -OCH3 is 2. The number of aliphatic hydroxyl groups is 2. The number of ether oxygens (including phenoxy) is 2. The van der Waals surface area contributed by atoms with Crippen LogP contribution in [0.3, 0.4) is 0 Å². The van der Waals surface area contributed by atoms with Gasteiger partial charge >= 0.3 is 0 Å². The minimum absolute atomic E-state index is 0. The summed E-state index contributed by atoms with van der Waals surface area (Å²) in [5.74, 6) is 2.74. The number of nitrogens with zero attached hydrogens (tertiary/aromatic N) is 4. The molecule has 3 aromatic carbocycles. The third-order valence-corrected chi connectivity index (χ3v) is 14.8. The molecular weight excluding hydrogens is 875 g/mol. The van der Waals surface area contributed by atoms with Crippen molar-refractivity contribution in [2.45, 2.75) is 63.1 Å². The number of aromatic nitrogens is 2. The third kappa shape index (κ3) is 7.54. The third-order valence-electron chi connectivity index (χ3n) is 14.8. The summed E-state index contributed by atoms with van der Waals surface area (Å²) < 4.78 is 29.8. The second kappa shape index (κ2) is 17.3. The Morgan fingerprint density at radius 2 is 1.15 bits per heavy atom. The zero-order chi connectivity index (χ0) is 39.5. The van der Waals surface area contributed by atoms with Crippen LogP contribution in [-0.2, 0) is 13.1 Å². The van der Waals surface area contributed by atoms with Crippen LogP contribution in [0, 0.1) is 29.5 Å². The standard InChI is InChI=1S/C48H55FN4O4.2BrH/c1-5-30-26-52(20-16-32(30)22-44(52)47(54)38-14-18-50-42-12-10-36(56-3)24-40(38)42)28-34-8-7-9-35(46(34)49)29-53-21-17-33(31(6-2)27-53)23-45(53)48(55)39-15-19-51-43-13-11-37(57-4)25-41(39)43;;/h5-15,18-19,24-25,30-33,44-45,47-48,54-55H,1-2,16-17,20-23,26-29H2,3-4H3;2*1H/q+2;;/p-2/t30?,31?,32?,33?,44?,45?,47-,48-,52?,53?;;/m1../s1. The van der Waals surface area contributed by atoms with Gasteiger partial charge in [0.1, 0.15) is 54.7 Å². The number of hydrogen-bond donors (Lipinski definition) is 2. The van der Waals surface area contributed by atoms with Gasteiger partial charge in [0.25, 0.3) is 0 Å². The second-order valence-electron chi connectivity index (χ2n) is 17.4. The fourth-order valence-electron chi connectivity index (χ4n) is 11.8. The van der Waals surface area contributed by atoms with Gasteiger partial charge < -0.3 is 62.6 Å². The van der Waals surface area contributed by atoms with E-state index >= 15 is 4.39 Å². The van der Waals surface area contributed by atoms with Crippen molar-refractivity contribution in [1.29, 1.82) is 0 Å². The lowest BCUT2D eigenvalue weighted by Crippen LogP contribution is -3.00. The Hall–Kier alpha value is -3.71. The topological polar surface area (TPSA) is 84.7 Å². The Labute approximate surface area is 368 Å². The van der Waals surface area contributed by atoms with Crippen molar-refractivity contribution in [3.8, 4) is 11.5 Å². The largest absolute Gasteiger partial charge is 1.00 e. The molecule has 2 N–H and O–H groups in total. The fourth-order valence-corrected chi connectivity index (χ4v) is 11.8. The number of piperidine rings is 6. The maximum Gasteiger partial charge on any atom is 0.140 e. The smallest absolute Gasteiger partial charge is 0.140 e. The van der Waals surface area contributed by atoms with E-state index in [1.807, 2.05) is 66.7 Å². The number of halogens is 3. The van der Waals surface area contributed by atoms with Crippen LogP contribution in [0.25, 0.3) is 21.8 Å². The Morgan fingerprint density at radius 3 is 1.56 bits per heavy atom. The van der Waals surface area contributed by atoms with Gasteiger partial charge in [-0.1, -0.05) is 30.4 Å². The number of aliphatic hydroxyl groups excluding tert-OH is 2. The average Bonchev–Trinajstić information content (AvgIpc) is 3.26. The first-order valence-corrected chi connectivity index (χ1v) is 20.6. The van der Waals surface area contributed by atoms with E-state index in [1.165, 1.54) is 0 Å². The van der Waals surface area contributed by atoms with Gasteiger partial charge in [0, 0.05) is 71.8 Å². The zero-order valence-corrected chi connectivity index (χ0v) is 37.1. The molecule has 8 heterocycles. The van der Waals surface area contributed by atoms with Crippen molar-refractivity contribution in [3.05, 3.63) is 133 Å². The highest BCUT2D eigenvalue weighted by atomic mass is 79.9. The second-order valence-corrected chi connectivity index (χ2v) is 17.4. The summed E-state index contributed by atoms with van der Waals surface area (Å²) in [4.78, 5) is 9.17. The molecule has 59 heavy (non-hydrogen) atoms. The summed E-state index contributed by atoms with van der Waals surface area (Å²) in [7, 11) is 3.30. The fraction of sp³-hybridized carbons (Fsp3) is 0.417. The number of benzene rings is 3. The molecule has 5 aromatic rings. The van der Waals surface area contributed by atoms with Crippen LogP contribution >= 0.6 is 0 Å². The maximum absolute atomic E-state index is 17.4. The van der Waals surface area contributed by atoms with Gasteiger partial charge in [0.2, 0.25) is 0 Å². The predicted octanol–water partition coefficient (Wildman–Crippen LogP) is 2.24. The zero-order valence-electron chi connectivity index (χ0n) is 33.9. The highest BCUT2D eigenvalue weighted by Gasteiger charge is 2.56. The molecule has 6 aliphatic heterocycles. The van der Waals surface area contributed by atoms with E-state index in [2.05, 4.69) is 35.3 Å². The molecule has 11 heteroatoms. The highest BCUT2D eigenvalue weighted by molar-refractivity contribution is 5.84. The molecule has 0 amide bonds. The van der Waals surface area contributed by atoms with Crippen molar-refractivity contribution in [2.75, 3.05) is 40.4 Å². The monoisotopic (exact) mass is 928 g/mol. The normalized spacial score (nSPS) is 29.2. The van der Waals surface area contributed by atoms with Gasteiger partial charge in [0.05, 0.1) is 51.4 Å². The highest BCUT2D eigenvalue weighted by Crippen LogP contribution is 2.50. The van der Waals surface area contributed by atoms with Crippen molar-refractivity contribution in [3.63, 3.8) is 0 Å². The lowest BCUT2D eigenvalue weighted by molar-refractivity contribution is -0.985. The summed E-state index contributed by atoms with van der Waals surface area (Å²) in [6, 6.07) is 21.1. The van der Waals surface area contributed by atoms with E-state index < -0.39 is 12.2 Å². The molecule has 4 bridgehead atoms. The number of rotatable bonds is 12. The minimum Gasteiger partial charge on any atom is -1.00 e. The van der Waals surface area contributed by atoms with E-state index in [0.29, 0.717) is 56.9 Å². The molecule has 0 spiro atoms. The van der Waals surface area contributed by atoms with Crippen LogP contribution in [0.1, 0.15) is 60.1 Å². The molecular formula is C48H55Br2FN4O4. The summed E-state index contributed by atoms with van der Waals surface area (Å²) >= 11 is 0. The Morgan fingerprint density at radius 1 is 0.712 bits per heavy atom. The first-order chi connectivity index (χ1) is 27.7. The number of fused-ring (bicyclic) bond motifs is 8. The number of pyridine rings is 2. The molecule has 6 fully saturated rings. The molecule has 6 saturated heterocycles. The van der Waals surface area contributed by atoms with E-state index in [4.69, 9.17) is 9.47 Å². The lowest BCUT2D eigenvalue weighted by Gasteiger charge is -2.58. The van der Waals surface area contributed by atoms with E-state index in [-0.39, 0.29) is 51.9 Å². The van der Waals surface area contributed by atoms with Crippen molar-refractivity contribution < 1.29 is 67.0 Å². The molecule has 8 nitrogen and oxygen atoms in total. The number of quaternary nitrogens is 2. The summed E-state index contributed by atoms with van der Waals surface area (Å²) in [6.07, 6.45) is 9.90. The Kier molecular flexibility index (Phi) is 12.8. The van der Waals surface area contributed by atoms with Crippen LogP contribution in [-0.4, -0.2) is 81.6 Å². The van der Waals surface area contributed by atoms with E-state index in [0.717, 1.165) is 96.3 Å². The number of hydrogen-bond acceptors (Lipinski definition) is 6. The van der Waals surface area contributed by atoms with Gasteiger partial charge in [0.15, 0.2) is 0 Å². The van der Waals surface area contributed by atoms with Gasteiger partial charge in [-0.3, -0.25) is 9.97 Å². The first kappa shape index (κ1) is 43.4. The minimum atomic E-state index is -0.766. The molecule has 0 saturated carbocycles. The lowest BCUT2D eigenvalue weighted by atomic mass is 9.70. The van der Waals surface area contributed by atoms with E-state index in [1.54, 1.807) is 26.6 Å². The Bertz CT molecular complexity index is 2190. The maximum atomic E-state index is 17.4. The summed E-state index contributed by atoms with van der Waals surface area (Å²) in [5, 5.41) is 26.6. The van der Waals surface area contributed by atoms with Crippen LogP contribution in [0.15, 0.2) is 104 Å². The molecule has 6 aliphatic rings. The van der Waals surface area contributed by atoms with Gasteiger partial charge in [-0.15, -0.1) is 13.2 Å². The molecule has 8 unspecified atom stereocenters. The van der Waals surface area contributed by atoms with Crippen LogP contribution in [0.4, 0.5) is 4.39 Å². The van der Waals surface area contributed by atoms with E-state index in [9.17, 15) is 10.2 Å². The molecule has 0 radical (unpaired) electrons. The summed E-state index contributed by atoms with van der Waals surface area (Å²) in [5.41, 5.74) is 4.66. The van der Waals surface area contributed by atoms with Crippen LogP contribution < -0.4 is 43.4 Å². The molecule has 0 aliphatic carbocycles. The quantitative estimate of drug-likeness (QED) is 0.148. The van der Waals surface area contributed by atoms with Gasteiger partial charge in [-0.25, -0.2) is 4.39 Å². The van der Waals surface area contributed by atoms with Crippen molar-refractivity contribution >= 4 is 21.8 Å². The first-order valence-electron chi connectivity index (χ1n) is 20.6. The van der Waals surface area contributed by atoms with Gasteiger partial charge in [-0.2, -0.15) is 0 Å². The van der Waals surface area contributed by atoms with Crippen molar-refractivity contribution in [2.24, 2.45) is 23.7 Å². The summed E-state index contributed by atoms with van der Waals surface area (Å²) in [6.45, 7) is 12.8. The van der Waals surface area contributed by atoms with Crippen molar-refractivity contribution in [1.82, 2.24) is 9.97 Å². The predicted molar refractivity (Wildman–Crippen MR) is 221 cm³/mol. The SMILES string of the molecule is C=CC1C[N+]2(Cc3cccc(C[N+]45CCC(CC4[C@H](O)c4ccnc6ccc(OC)cc46)C(C=C)C5)c3F)CCC1CC2[C@H](O)c1ccnc2ccc(OC)cc12.[Br-].[Br-]. The van der Waals surface area contributed by atoms with Crippen LogP contribution in [0.5, 0.6) is 11.5 Å². The molecule has 2 aromatic heterocycles. The Balaban J connectivity index is 0.00000264.